The second kappa shape index (κ2) is 6.64. The van der Waals surface area contributed by atoms with E-state index in [0.717, 1.165) is 19.0 Å². The first kappa shape index (κ1) is 18.5. The minimum Gasteiger partial charge on any atom is -0.465 e. The van der Waals surface area contributed by atoms with Gasteiger partial charge in [-0.3, -0.25) is 4.79 Å². The quantitative estimate of drug-likeness (QED) is 0.750. The molecule has 0 bridgehead atoms. The third-order valence-corrected chi connectivity index (χ3v) is 4.85. The molecule has 1 aliphatic carbocycles. The van der Waals surface area contributed by atoms with E-state index < -0.39 is 17.7 Å². The maximum atomic E-state index is 13.0. The molecule has 1 saturated carbocycles. The normalized spacial score (nSPS) is 22.2. The predicted molar refractivity (Wildman–Crippen MR) is 93.2 cm³/mol. The van der Waals surface area contributed by atoms with E-state index in [-0.39, 0.29) is 29.7 Å². The fraction of sp³-hybridized carbons (Fsp3) is 0.529. The van der Waals surface area contributed by atoms with Gasteiger partial charge in [0.05, 0.1) is 18.3 Å². The summed E-state index contributed by atoms with van der Waals surface area (Å²) in [7, 11) is 1.36. The lowest BCUT2D eigenvalue weighted by Crippen LogP contribution is -2.13. The number of hydrogen-bond donors (Lipinski definition) is 2. The highest BCUT2D eigenvalue weighted by Crippen LogP contribution is 2.40. The summed E-state index contributed by atoms with van der Waals surface area (Å²) in [4.78, 5) is 19.7. The lowest BCUT2D eigenvalue weighted by Gasteiger charge is -2.13. The van der Waals surface area contributed by atoms with Gasteiger partial charge in [-0.2, -0.15) is 23.3 Å². The topological polar surface area (TPSA) is 94.0 Å². The fourth-order valence-electron chi connectivity index (χ4n) is 3.25. The van der Waals surface area contributed by atoms with Crippen molar-refractivity contribution in [3.63, 3.8) is 0 Å². The largest absolute Gasteiger partial charge is 0.465 e. The number of esters is 1. The zero-order valence-corrected chi connectivity index (χ0v) is 15.2. The molecule has 1 unspecified atom stereocenters. The number of carbonyl (C=O) groups excluding carboxylic acids is 1. The van der Waals surface area contributed by atoms with E-state index in [9.17, 15) is 18.0 Å². The number of aromatic nitrogens is 4. The van der Waals surface area contributed by atoms with Crippen LogP contribution in [0.15, 0.2) is 12.3 Å². The summed E-state index contributed by atoms with van der Waals surface area (Å²) in [6.45, 7) is 2.26. The van der Waals surface area contributed by atoms with E-state index in [1.807, 2.05) is 6.92 Å². The van der Waals surface area contributed by atoms with Crippen LogP contribution in [0.1, 0.15) is 43.0 Å². The molecule has 2 atom stereocenters. The molecule has 150 valence electrons. The number of carbonyl (C=O) groups is 1. The van der Waals surface area contributed by atoms with Crippen LogP contribution in [0.2, 0.25) is 0 Å². The summed E-state index contributed by atoms with van der Waals surface area (Å²) in [6, 6.07) is 1.90. The van der Waals surface area contributed by atoms with E-state index >= 15 is 0 Å². The number of ether oxygens (including phenoxy) is 1. The van der Waals surface area contributed by atoms with E-state index in [1.165, 1.54) is 7.05 Å². The van der Waals surface area contributed by atoms with Crippen LogP contribution >= 0.6 is 0 Å². The highest BCUT2D eigenvalue weighted by molar-refractivity contribution is 5.80. The number of nitrogens with zero attached hydrogens (tertiary/aromatic N) is 4. The molecule has 2 aromatic heterocycles. The van der Waals surface area contributed by atoms with Crippen molar-refractivity contribution in [2.45, 2.75) is 37.9 Å². The molecular formula is C17H19F3N6O2. The first-order valence-electron chi connectivity index (χ1n) is 8.93. The number of nitrogens with one attached hydrogen (secondary N) is 2. The van der Waals surface area contributed by atoms with Crippen LogP contribution in [-0.4, -0.2) is 39.4 Å². The molecule has 4 rings (SSSR count). The van der Waals surface area contributed by atoms with Gasteiger partial charge < -0.3 is 15.4 Å². The molecule has 8 nitrogen and oxygen atoms in total. The SMILES string of the molecule is CNc1nc(Nc2cc(C3C(=O)OC[C@@H]3C)nn2C2CC2)ncc1C(F)(F)F. The lowest BCUT2D eigenvalue weighted by atomic mass is 9.94. The number of hydrogen-bond acceptors (Lipinski definition) is 7. The maximum Gasteiger partial charge on any atom is 0.421 e. The fourth-order valence-corrected chi connectivity index (χ4v) is 3.25. The molecule has 1 aliphatic heterocycles. The molecular weight excluding hydrogens is 377 g/mol. The molecule has 2 N–H and O–H groups in total. The molecule has 0 aromatic carbocycles. The second-order valence-electron chi connectivity index (χ2n) is 7.04. The lowest BCUT2D eigenvalue weighted by molar-refractivity contribution is -0.139. The summed E-state index contributed by atoms with van der Waals surface area (Å²) < 4.78 is 45.9. The predicted octanol–water partition coefficient (Wildman–Crippen LogP) is 3.09. The molecule has 1 saturated heterocycles. The van der Waals surface area contributed by atoms with Gasteiger partial charge in [-0.25, -0.2) is 9.67 Å². The zero-order valence-electron chi connectivity index (χ0n) is 15.2. The minimum atomic E-state index is -4.56. The molecule has 2 aromatic rings. The van der Waals surface area contributed by atoms with Crippen LogP contribution in [0.25, 0.3) is 0 Å². The molecule has 0 spiro atoms. The summed E-state index contributed by atoms with van der Waals surface area (Å²) in [5.74, 6) is -0.555. The van der Waals surface area contributed by atoms with Crippen molar-refractivity contribution >= 4 is 23.6 Å². The Hall–Kier alpha value is -2.85. The van der Waals surface area contributed by atoms with Crippen LogP contribution in [-0.2, 0) is 15.7 Å². The highest BCUT2D eigenvalue weighted by atomic mass is 19.4. The van der Waals surface area contributed by atoms with Gasteiger partial charge in [0.25, 0.3) is 0 Å². The standard InChI is InChI=1S/C17H19F3N6O2/c1-8-7-28-15(27)13(8)11-5-12(26(25-11)9-3-4-9)23-16-22-6-10(17(18,19)20)14(21-2)24-16/h5-6,8-9,13H,3-4,7H2,1-2H3,(H2,21,22,23,24)/t8-,13?/m0/s1. The van der Waals surface area contributed by atoms with Crippen LogP contribution in [0.3, 0.4) is 0 Å². The summed E-state index contributed by atoms with van der Waals surface area (Å²) in [5, 5.41) is 9.94. The monoisotopic (exact) mass is 396 g/mol. The van der Waals surface area contributed by atoms with Gasteiger partial charge in [0.1, 0.15) is 23.1 Å². The molecule has 0 amide bonds. The Morgan fingerprint density at radius 2 is 2.07 bits per heavy atom. The summed E-state index contributed by atoms with van der Waals surface area (Å²) in [6.07, 6.45) is -1.94. The number of cyclic esters (lactones) is 1. The van der Waals surface area contributed by atoms with Gasteiger partial charge in [-0.05, 0) is 12.8 Å². The number of halogens is 3. The van der Waals surface area contributed by atoms with Gasteiger partial charge in [-0.1, -0.05) is 6.92 Å². The van der Waals surface area contributed by atoms with Crippen molar-refractivity contribution in [2.75, 3.05) is 24.3 Å². The number of anilines is 3. The van der Waals surface area contributed by atoms with E-state index in [0.29, 0.717) is 18.1 Å². The third-order valence-electron chi connectivity index (χ3n) is 4.85. The highest BCUT2D eigenvalue weighted by Gasteiger charge is 2.39. The van der Waals surface area contributed by atoms with Crippen LogP contribution < -0.4 is 10.6 Å². The average Bonchev–Trinajstić information content (AvgIpc) is 3.32. The molecule has 3 heterocycles. The van der Waals surface area contributed by atoms with Gasteiger partial charge >= 0.3 is 12.1 Å². The van der Waals surface area contributed by atoms with Crippen LogP contribution in [0, 0.1) is 5.92 Å². The van der Waals surface area contributed by atoms with Crippen molar-refractivity contribution in [2.24, 2.45) is 5.92 Å². The van der Waals surface area contributed by atoms with Crippen molar-refractivity contribution < 1.29 is 22.7 Å². The Balaban J connectivity index is 1.65. The average molecular weight is 396 g/mol. The van der Waals surface area contributed by atoms with Crippen molar-refractivity contribution in [3.05, 3.63) is 23.5 Å². The number of alkyl halides is 3. The number of rotatable bonds is 5. The van der Waals surface area contributed by atoms with Gasteiger partial charge in [0.2, 0.25) is 5.95 Å². The van der Waals surface area contributed by atoms with E-state index in [2.05, 4.69) is 25.7 Å². The Kier molecular flexibility index (Phi) is 4.39. The molecule has 28 heavy (non-hydrogen) atoms. The Morgan fingerprint density at radius 3 is 2.64 bits per heavy atom. The Morgan fingerprint density at radius 1 is 1.32 bits per heavy atom. The van der Waals surface area contributed by atoms with Crippen LogP contribution in [0.5, 0.6) is 0 Å². The van der Waals surface area contributed by atoms with E-state index in [1.54, 1.807) is 10.7 Å². The van der Waals surface area contributed by atoms with Gasteiger partial charge in [0, 0.05) is 25.2 Å². The van der Waals surface area contributed by atoms with Gasteiger partial charge in [0.15, 0.2) is 0 Å². The maximum absolute atomic E-state index is 13.0. The Labute approximate surface area is 158 Å². The van der Waals surface area contributed by atoms with Crippen LogP contribution in [0.4, 0.5) is 30.8 Å². The first-order chi connectivity index (χ1) is 13.3. The van der Waals surface area contributed by atoms with Crippen molar-refractivity contribution in [1.29, 1.82) is 0 Å². The van der Waals surface area contributed by atoms with Gasteiger partial charge in [-0.15, -0.1) is 0 Å². The second-order valence-corrected chi connectivity index (χ2v) is 7.04. The third kappa shape index (κ3) is 3.36. The summed E-state index contributed by atoms with van der Waals surface area (Å²) in [5.41, 5.74) is -0.371. The van der Waals surface area contributed by atoms with Crippen molar-refractivity contribution in [3.8, 4) is 0 Å². The first-order valence-corrected chi connectivity index (χ1v) is 8.93. The minimum absolute atomic E-state index is 0.00103. The zero-order chi connectivity index (χ0) is 20.1. The molecule has 0 radical (unpaired) electrons. The smallest absolute Gasteiger partial charge is 0.421 e. The van der Waals surface area contributed by atoms with E-state index in [4.69, 9.17) is 4.74 Å². The molecule has 11 heteroatoms. The Bertz CT molecular complexity index is 909. The molecule has 2 aliphatic rings. The summed E-state index contributed by atoms with van der Waals surface area (Å²) >= 11 is 0. The van der Waals surface area contributed by atoms with Crippen molar-refractivity contribution in [1.82, 2.24) is 19.7 Å². The molecule has 2 fully saturated rings.